The first-order valence-corrected chi connectivity index (χ1v) is 7.23. The summed E-state index contributed by atoms with van der Waals surface area (Å²) in [7, 11) is 0. The lowest BCUT2D eigenvalue weighted by molar-refractivity contribution is 0.322. The van der Waals surface area contributed by atoms with Gasteiger partial charge in [0, 0.05) is 5.02 Å². The molecule has 0 aliphatic carbocycles. The van der Waals surface area contributed by atoms with Crippen molar-refractivity contribution in [2.45, 2.75) is 40.5 Å². The second kappa shape index (κ2) is 7.16. The van der Waals surface area contributed by atoms with Gasteiger partial charge in [-0.3, -0.25) is 0 Å². The summed E-state index contributed by atoms with van der Waals surface area (Å²) in [6.45, 7) is 11.3. The zero-order valence-corrected chi connectivity index (χ0v) is 12.8. The van der Waals surface area contributed by atoms with Crippen LogP contribution >= 0.6 is 11.6 Å². The van der Waals surface area contributed by atoms with E-state index in [-0.39, 0.29) is 5.41 Å². The Bertz CT molecular complexity index is 358. The Morgan fingerprint density at radius 1 is 1.22 bits per heavy atom. The molecule has 0 atom stereocenters. The van der Waals surface area contributed by atoms with Crippen molar-refractivity contribution in [1.82, 2.24) is 5.32 Å². The van der Waals surface area contributed by atoms with Crippen LogP contribution in [0.1, 0.15) is 39.7 Å². The van der Waals surface area contributed by atoms with Gasteiger partial charge in [-0.2, -0.15) is 0 Å². The standard InChI is InChI=1S/C16H26ClN/c1-13(2)12-18-10-9-16(3,4)11-14-7-5-6-8-15(14)17/h5-8,13,18H,9-12H2,1-4H3. The third kappa shape index (κ3) is 5.88. The van der Waals surface area contributed by atoms with Gasteiger partial charge in [0.15, 0.2) is 0 Å². The van der Waals surface area contributed by atoms with Gasteiger partial charge in [-0.1, -0.05) is 57.5 Å². The fourth-order valence-electron chi connectivity index (χ4n) is 2.06. The van der Waals surface area contributed by atoms with E-state index in [9.17, 15) is 0 Å². The molecule has 0 aliphatic rings. The van der Waals surface area contributed by atoms with E-state index in [1.807, 2.05) is 12.1 Å². The summed E-state index contributed by atoms with van der Waals surface area (Å²) in [5.41, 5.74) is 1.54. The van der Waals surface area contributed by atoms with E-state index in [4.69, 9.17) is 11.6 Å². The highest BCUT2D eigenvalue weighted by Gasteiger charge is 2.19. The first-order chi connectivity index (χ1) is 8.41. The molecular formula is C16H26ClN. The number of hydrogen-bond acceptors (Lipinski definition) is 1. The molecule has 1 aromatic carbocycles. The Kier molecular flexibility index (Phi) is 6.17. The number of rotatable bonds is 7. The van der Waals surface area contributed by atoms with Crippen molar-refractivity contribution < 1.29 is 0 Å². The second-order valence-corrected chi connectivity index (χ2v) is 6.69. The van der Waals surface area contributed by atoms with E-state index >= 15 is 0 Å². The molecule has 0 saturated heterocycles. The van der Waals surface area contributed by atoms with Crippen molar-refractivity contribution in [3.63, 3.8) is 0 Å². The molecule has 1 rings (SSSR count). The molecule has 0 spiro atoms. The molecule has 1 aromatic rings. The molecule has 18 heavy (non-hydrogen) atoms. The van der Waals surface area contributed by atoms with Crippen LogP contribution in [-0.4, -0.2) is 13.1 Å². The quantitative estimate of drug-likeness (QED) is 0.715. The van der Waals surface area contributed by atoms with Gasteiger partial charge >= 0.3 is 0 Å². The van der Waals surface area contributed by atoms with E-state index in [0.717, 1.165) is 30.5 Å². The molecule has 0 radical (unpaired) electrons. The largest absolute Gasteiger partial charge is 0.316 e. The van der Waals surface area contributed by atoms with Crippen molar-refractivity contribution in [2.75, 3.05) is 13.1 Å². The van der Waals surface area contributed by atoms with E-state index in [1.54, 1.807) is 0 Å². The molecule has 1 nitrogen and oxygen atoms in total. The van der Waals surface area contributed by atoms with Crippen LogP contribution in [0.15, 0.2) is 24.3 Å². The minimum atomic E-state index is 0.287. The van der Waals surface area contributed by atoms with Crippen molar-refractivity contribution in [1.29, 1.82) is 0 Å². The summed E-state index contributed by atoms with van der Waals surface area (Å²) in [6, 6.07) is 8.16. The average molecular weight is 268 g/mol. The summed E-state index contributed by atoms with van der Waals surface area (Å²) in [5, 5.41) is 4.40. The first kappa shape index (κ1) is 15.5. The zero-order valence-electron chi connectivity index (χ0n) is 12.1. The normalized spacial score (nSPS) is 12.1. The third-order valence-corrected chi connectivity index (χ3v) is 3.53. The van der Waals surface area contributed by atoms with Gasteiger partial charge in [-0.05, 0) is 48.9 Å². The smallest absolute Gasteiger partial charge is 0.0438 e. The Morgan fingerprint density at radius 2 is 1.89 bits per heavy atom. The van der Waals surface area contributed by atoms with Crippen LogP contribution in [0.4, 0.5) is 0 Å². The molecule has 102 valence electrons. The minimum absolute atomic E-state index is 0.287. The third-order valence-electron chi connectivity index (χ3n) is 3.16. The molecule has 0 bridgehead atoms. The summed E-state index contributed by atoms with van der Waals surface area (Å²) < 4.78 is 0. The van der Waals surface area contributed by atoms with Crippen LogP contribution in [0.2, 0.25) is 5.02 Å². The van der Waals surface area contributed by atoms with Crippen LogP contribution in [0, 0.1) is 11.3 Å². The monoisotopic (exact) mass is 267 g/mol. The molecule has 0 unspecified atom stereocenters. The highest BCUT2D eigenvalue weighted by molar-refractivity contribution is 6.31. The van der Waals surface area contributed by atoms with E-state index in [2.05, 4.69) is 45.1 Å². The zero-order chi connectivity index (χ0) is 13.6. The fourth-order valence-corrected chi connectivity index (χ4v) is 2.27. The van der Waals surface area contributed by atoms with Gasteiger partial charge in [0.25, 0.3) is 0 Å². The molecule has 0 aromatic heterocycles. The average Bonchev–Trinajstić information content (AvgIpc) is 2.27. The van der Waals surface area contributed by atoms with E-state index in [1.165, 1.54) is 12.0 Å². The maximum absolute atomic E-state index is 6.22. The molecule has 0 heterocycles. The molecule has 0 amide bonds. The molecule has 1 N–H and O–H groups in total. The van der Waals surface area contributed by atoms with Gasteiger partial charge in [0.2, 0.25) is 0 Å². The SMILES string of the molecule is CC(C)CNCCC(C)(C)Cc1ccccc1Cl. The summed E-state index contributed by atoms with van der Waals surface area (Å²) in [4.78, 5) is 0. The topological polar surface area (TPSA) is 12.0 Å². The second-order valence-electron chi connectivity index (χ2n) is 6.28. The van der Waals surface area contributed by atoms with Crippen LogP contribution in [0.25, 0.3) is 0 Å². The van der Waals surface area contributed by atoms with Crippen molar-refractivity contribution in [2.24, 2.45) is 11.3 Å². The highest BCUT2D eigenvalue weighted by Crippen LogP contribution is 2.28. The first-order valence-electron chi connectivity index (χ1n) is 6.85. The van der Waals surface area contributed by atoms with Gasteiger partial charge in [0.1, 0.15) is 0 Å². The van der Waals surface area contributed by atoms with Gasteiger partial charge in [-0.25, -0.2) is 0 Å². The minimum Gasteiger partial charge on any atom is -0.316 e. The lowest BCUT2D eigenvalue weighted by atomic mass is 9.82. The van der Waals surface area contributed by atoms with Crippen molar-refractivity contribution >= 4 is 11.6 Å². The van der Waals surface area contributed by atoms with Crippen LogP contribution < -0.4 is 5.32 Å². The Balaban J connectivity index is 2.42. The van der Waals surface area contributed by atoms with Gasteiger partial charge < -0.3 is 5.32 Å². The van der Waals surface area contributed by atoms with Gasteiger partial charge in [0.05, 0.1) is 0 Å². The maximum atomic E-state index is 6.22. The number of halogens is 1. The number of nitrogens with one attached hydrogen (secondary N) is 1. The van der Waals surface area contributed by atoms with Gasteiger partial charge in [-0.15, -0.1) is 0 Å². The summed E-state index contributed by atoms with van der Waals surface area (Å²) in [5.74, 6) is 0.719. The number of benzene rings is 1. The number of hydrogen-bond donors (Lipinski definition) is 1. The molecule has 2 heteroatoms. The molecule has 0 saturated carbocycles. The summed E-state index contributed by atoms with van der Waals surface area (Å²) in [6.07, 6.45) is 2.21. The van der Waals surface area contributed by atoms with Crippen LogP contribution in [-0.2, 0) is 6.42 Å². The van der Waals surface area contributed by atoms with Crippen molar-refractivity contribution in [3.8, 4) is 0 Å². The lowest BCUT2D eigenvalue weighted by Crippen LogP contribution is -2.26. The predicted octanol–water partition coefficient (Wildman–Crippen LogP) is 4.54. The molecular weight excluding hydrogens is 242 g/mol. The van der Waals surface area contributed by atoms with E-state index in [0.29, 0.717) is 0 Å². The Labute approximate surface area is 117 Å². The highest BCUT2D eigenvalue weighted by atomic mass is 35.5. The summed E-state index contributed by atoms with van der Waals surface area (Å²) >= 11 is 6.22. The Morgan fingerprint density at radius 3 is 2.50 bits per heavy atom. The lowest BCUT2D eigenvalue weighted by Gasteiger charge is -2.25. The van der Waals surface area contributed by atoms with Crippen LogP contribution in [0.5, 0.6) is 0 Å². The molecule has 0 aliphatic heterocycles. The van der Waals surface area contributed by atoms with Crippen LogP contribution in [0.3, 0.4) is 0 Å². The Hall–Kier alpha value is -0.530. The van der Waals surface area contributed by atoms with Crippen molar-refractivity contribution in [3.05, 3.63) is 34.9 Å². The maximum Gasteiger partial charge on any atom is 0.0438 e. The predicted molar refractivity (Wildman–Crippen MR) is 81.3 cm³/mol. The van der Waals surface area contributed by atoms with E-state index < -0.39 is 0 Å². The fraction of sp³-hybridized carbons (Fsp3) is 0.625. The molecule has 0 fully saturated rings.